The molecule has 3 atom stereocenters. The van der Waals surface area contributed by atoms with Gasteiger partial charge in [-0.1, -0.05) is 40.7 Å². The number of nitrogens with zero attached hydrogens (tertiary/aromatic N) is 2. The molecule has 0 saturated heterocycles. The molecule has 0 aliphatic heterocycles. The Bertz CT molecular complexity index is 1430. The van der Waals surface area contributed by atoms with Crippen LogP contribution in [0.15, 0.2) is 12.3 Å². The number of hydrogen-bond donors (Lipinski definition) is 7. The molecule has 0 aliphatic rings. The van der Waals surface area contributed by atoms with Gasteiger partial charge in [0.2, 0.25) is 17.7 Å². The SMILES string of the molecule is C=C(O)CCC[N+](C)(C)CCCNC(=O)C(C)(CC)CC(C)(CC(C)(C)C(=O)NCCC[N+](C)(C)CCCS(=O)(=O)O)C(=O)OCCNC(=O)CCCCC(S)CCS. The van der Waals surface area contributed by atoms with Gasteiger partial charge in [-0.25, -0.2) is 0 Å². The summed E-state index contributed by atoms with van der Waals surface area (Å²) >= 11 is 8.78. The molecule has 3 unspecified atom stereocenters. The number of aliphatic hydroxyl groups is 1. The van der Waals surface area contributed by atoms with Gasteiger partial charge in [-0.15, -0.1) is 0 Å². The second-order valence-corrected chi connectivity index (χ2v) is 21.7. The van der Waals surface area contributed by atoms with Crippen molar-refractivity contribution in [3.8, 4) is 0 Å². The number of quaternary nitrogens is 2. The fourth-order valence-corrected chi connectivity index (χ4v) is 8.85. The summed E-state index contributed by atoms with van der Waals surface area (Å²) in [6.45, 7) is 16.4. The third-order valence-electron chi connectivity index (χ3n) is 11.2. The predicted molar refractivity (Wildman–Crippen MR) is 244 cm³/mol. The number of unbranched alkanes of at least 4 members (excludes halogenated alkanes) is 1. The van der Waals surface area contributed by atoms with Crippen LogP contribution in [-0.4, -0.2) is 148 Å². The molecular formula is C42H83N5O9S3+2. The number of allylic oxidation sites excluding steroid dienone is 1. The maximum atomic E-state index is 14.1. The van der Waals surface area contributed by atoms with Crippen molar-refractivity contribution in [2.45, 2.75) is 123 Å². The summed E-state index contributed by atoms with van der Waals surface area (Å²) in [6, 6.07) is 0. The number of esters is 1. The van der Waals surface area contributed by atoms with Crippen LogP contribution in [0.3, 0.4) is 0 Å². The van der Waals surface area contributed by atoms with Gasteiger partial charge >= 0.3 is 5.97 Å². The van der Waals surface area contributed by atoms with Crippen molar-refractivity contribution in [2.24, 2.45) is 16.2 Å². The fourth-order valence-electron chi connectivity index (χ4n) is 7.53. The van der Waals surface area contributed by atoms with Crippen molar-refractivity contribution in [3.05, 3.63) is 12.3 Å². The zero-order valence-electron chi connectivity index (χ0n) is 38.0. The van der Waals surface area contributed by atoms with Crippen LogP contribution in [0.5, 0.6) is 0 Å². The average Bonchev–Trinajstić information content (AvgIpc) is 3.10. The van der Waals surface area contributed by atoms with Gasteiger partial charge < -0.3 is 34.8 Å². The molecule has 0 aromatic carbocycles. The first-order chi connectivity index (χ1) is 27.1. The third-order valence-corrected chi connectivity index (χ3v) is 12.8. The first-order valence-electron chi connectivity index (χ1n) is 21.4. The lowest BCUT2D eigenvalue weighted by Crippen LogP contribution is -2.49. The van der Waals surface area contributed by atoms with Crippen molar-refractivity contribution in [1.29, 1.82) is 0 Å². The predicted octanol–water partition coefficient (Wildman–Crippen LogP) is 5.35. The Hall–Kier alpha value is -2.05. The van der Waals surface area contributed by atoms with Crippen LogP contribution in [-0.2, 0) is 34.0 Å². The van der Waals surface area contributed by atoms with Crippen LogP contribution >= 0.6 is 25.3 Å². The summed E-state index contributed by atoms with van der Waals surface area (Å²) in [4.78, 5) is 54.1. The topological polar surface area (TPSA) is 188 Å². The Morgan fingerprint density at radius 1 is 0.746 bits per heavy atom. The second kappa shape index (κ2) is 27.1. The summed E-state index contributed by atoms with van der Waals surface area (Å²) < 4.78 is 38.4. The standard InChI is InChI=1S/C42H81N5O9S3/c1-11-41(5,38(51)45-23-16-26-46(7,8)25-14-18-34(2)48)33-42(6,39(52)56-29-24-43-36(49)20-13-12-19-35(58)21-30-57)32-40(3,4)37(50)44-22-15-27-47(9,10)28-17-31-59(53,54)55/h35H,2,11-33H2,1,3-10H3,(H5-2,43,44,45,48,49,50,51,53,54,55,57,58)/p+2. The van der Waals surface area contributed by atoms with E-state index in [0.29, 0.717) is 62.8 Å². The van der Waals surface area contributed by atoms with Gasteiger partial charge in [0, 0.05) is 67.7 Å². The molecule has 0 spiro atoms. The van der Waals surface area contributed by atoms with Crippen molar-refractivity contribution in [2.75, 3.05) is 92.1 Å². The molecule has 0 saturated carbocycles. The summed E-state index contributed by atoms with van der Waals surface area (Å²) in [5, 5.41) is 18.6. The van der Waals surface area contributed by atoms with Crippen LogP contribution in [0.4, 0.5) is 0 Å². The van der Waals surface area contributed by atoms with Gasteiger partial charge in [0.1, 0.15) is 6.61 Å². The number of thiol groups is 2. The molecule has 0 aromatic rings. The van der Waals surface area contributed by atoms with Crippen LogP contribution in [0.2, 0.25) is 0 Å². The van der Waals surface area contributed by atoms with Gasteiger partial charge in [0.15, 0.2) is 0 Å². The van der Waals surface area contributed by atoms with E-state index in [2.05, 4.69) is 61.9 Å². The number of carbonyl (C=O) groups excluding carboxylic acids is 4. The molecular weight excluding hydrogens is 815 g/mol. The van der Waals surface area contributed by atoms with E-state index in [4.69, 9.17) is 9.29 Å². The normalized spacial score (nSPS) is 15.1. The molecule has 0 fully saturated rings. The van der Waals surface area contributed by atoms with E-state index in [1.165, 1.54) is 0 Å². The van der Waals surface area contributed by atoms with Gasteiger partial charge in [0.25, 0.3) is 10.1 Å². The fraction of sp³-hybridized carbons (Fsp3) is 0.857. The molecule has 14 nitrogen and oxygen atoms in total. The highest BCUT2D eigenvalue weighted by Gasteiger charge is 2.49. The quantitative estimate of drug-likeness (QED) is 0.0112. The maximum absolute atomic E-state index is 14.1. The lowest BCUT2D eigenvalue weighted by Gasteiger charge is -2.40. The lowest BCUT2D eigenvalue weighted by atomic mass is 9.64. The molecule has 0 aromatic heterocycles. The Morgan fingerprint density at radius 3 is 1.81 bits per heavy atom. The van der Waals surface area contributed by atoms with E-state index in [1.807, 2.05) is 27.9 Å². The smallest absolute Gasteiger partial charge is 0.311 e. The average molecular weight is 898 g/mol. The Morgan fingerprint density at radius 2 is 1.29 bits per heavy atom. The molecule has 0 aliphatic carbocycles. The van der Waals surface area contributed by atoms with Crippen LogP contribution in [0, 0.1) is 16.2 Å². The second-order valence-electron chi connectivity index (χ2n) is 18.9. The molecule has 0 heterocycles. The van der Waals surface area contributed by atoms with Gasteiger partial charge in [-0.3, -0.25) is 23.7 Å². The third kappa shape index (κ3) is 26.1. The van der Waals surface area contributed by atoms with E-state index < -0.39 is 32.3 Å². The van der Waals surface area contributed by atoms with Crippen molar-refractivity contribution in [3.63, 3.8) is 0 Å². The number of amides is 3. The Labute approximate surface area is 368 Å². The summed E-state index contributed by atoms with van der Waals surface area (Å²) in [6.07, 6.45) is 7.52. The zero-order valence-corrected chi connectivity index (χ0v) is 40.6. The Kier molecular flexibility index (Phi) is 26.2. The monoisotopic (exact) mass is 898 g/mol. The van der Waals surface area contributed by atoms with E-state index in [-0.39, 0.29) is 60.5 Å². The minimum atomic E-state index is -4.02. The minimum Gasteiger partial charge on any atom is -0.513 e. The van der Waals surface area contributed by atoms with Crippen molar-refractivity contribution >= 4 is 59.1 Å². The van der Waals surface area contributed by atoms with Crippen LogP contribution in [0.25, 0.3) is 0 Å². The Balaban J connectivity index is 5.74. The highest BCUT2D eigenvalue weighted by molar-refractivity contribution is 7.85. The summed E-state index contributed by atoms with van der Waals surface area (Å²) in [7, 11) is 4.12. The largest absolute Gasteiger partial charge is 0.513 e. The van der Waals surface area contributed by atoms with Crippen LogP contribution in [0.1, 0.15) is 118 Å². The molecule has 0 bridgehead atoms. The molecule has 5 N–H and O–H groups in total. The van der Waals surface area contributed by atoms with E-state index in [0.717, 1.165) is 61.9 Å². The van der Waals surface area contributed by atoms with Gasteiger partial charge in [-0.2, -0.15) is 33.7 Å². The summed E-state index contributed by atoms with van der Waals surface area (Å²) in [5.41, 5.74) is -3.24. The van der Waals surface area contributed by atoms with E-state index >= 15 is 0 Å². The zero-order chi connectivity index (χ0) is 45.6. The molecule has 0 radical (unpaired) electrons. The lowest BCUT2D eigenvalue weighted by molar-refractivity contribution is -0.890. The molecule has 346 valence electrons. The maximum Gasteiger partial charge on any atom is 0.311 e. The number of ether oxygens (including phenoxy) is 1. The first-order valence-corrected chi connectivity index (χ1v) is 24.1. The molecule has 3 amide bonds. The van der Waals surface area contributed by atoms with Crippen molar-refractivity contribution in [1.82, 2.24) is 16.0 Å². The minimum absolute atomic E-state index is 0.0544. The first kappa shape index (κ1) is 57.0. The number of nitrogens with one attached hydrogen (secondary N) is 3. The highest BCUT2D eigenvalue weighted by atomic mass is 32.2. The number of aliphatic hydroxyl groups excluding tert-OH is 1. The van der Waals surface area contributed by atoms with Gasteiger partial charge in [0.05, 0.1) is 77.8 Å². The molecule has 17 heteroatoms. The van der Waals surface area contributed by atoms with Crippen molar-refractivity contribution < 1.29 is 51.0 Å². The number of carbonyl (C=O) groups is 4. The highest BCUT2D eigenvalue weighted by Crippen LogP contribution is 2.45. The molecule has 59 heavy (non-hydrogen) atoms. The number of hydrogen-bond acceptors (Lipinski definition) is 10. The van der Waals surface area contributed by atoms with Crippen LogP contribution < -0.4 is 16.0 Å². The van der Waals surface area contributed by atoms with E-state index in [1.54, 1.807) is 20.8 Å². The number of rotatable bonds is 34. The van der Waals surface area contributed by atoms with E-state index in [9.17, 15) is 32.7 Å². The molecule has 0 rings (SSSR count). The van der Waals surface area contributed by atoms with Gasteiger partial charge in [-0.05, 0) is 51.2 Å². The summed E-state index contributed by atoms with van der Waals surface area (Å²) in [5.74, 6) is -0.443.